The molecule has 0 fully saturated rings. The Kier molecular flexibility index (Phi) is 1.85. The SMILES string of the molecule is S=c1[nH]nc2n1CCN2c1ccccc1. The molecule has 0 spiro atoms. The normalized spacial score (nSPS) is 14.3. The predicted octanol–water partition coefficient (Wildman–Crippen LogP) is 2.09. The maximum atomic E-state index is 5.13. The van der Waals surface area contributed by atoms with Crippen LogP contribution in [-0.4, -0.2) is 21.3 Å². The van der Waals surface area contributed by atoms with Gasteiger partial charge in [-0.25, -0.2) is 5.10 Å². The molecule has 0 amide bonds. The number of rotatable bonds is 1. The average Bonchev–Trinajstić information content (AvgIpc) is 2.83. The third-order valence-corrected chi connectivity index (χ3v) is 2.91. The van der Waals surface area contributed by atoms with E-state index in [2.05, 4.69) is 27.2 Å². The Labute approximate surface area is 92.2 Å². The minimum Gasteiger partial charge on any atom is -0.309 e. The molecule has 3 rings (SSSR count). The Morgan fingerprint density at radius 1 is 1.20 bits per heavy atom. The molecule has 0 aliphatic carbocycles. The lowest BCUT2D eigenvalue weighted by molar-refractivity contribution is 0.776. The van der Waals surface area contributed by atoms with Gasteiger partial charge in [-0.05, 0) is 24.4 Å². The zero-order chi connectivity index (χ0) is 10.3. The summed E-state index contributed by atoms with van der Waals surface area (Å²) < 4.78 is 2.71. The summed E-state index contributed by atoms with van der Waals surface area (Å²) >= 11 is 5.13. The van der Waals surface area contributed by atoms with E-state index in [1.54, 1.807) is 0 Å². The van der Waals surface area contributed by atoms with Gasteiger partial charge in [0, 0.05) is 18.8 Å². The van der Waals surface area contributed by atoms with Gasteiger partial charge in [0.25, 0.3) is 0 Å². The Morgan fingerprint density at radius 3 is 2.80 bits per heavy atom. The summed E-state index contributed by atoms with van der Waals surface area (Å²) in [5.41, 5.74) is 1.16. The van der Waals surface area contributed by atoms with Crippen molar-refractivity contribution in [3.8, 4) is 0 Å². The van der Waals surface area contributed by atoms with Crippen molar-refractivity contribution >= 4 is 23.9 Å². The van der Waals surface area contributed by atoms with Crippen LogP contribution in [0.5, 0.6) is 0 Å². The molecule has 0 atom stereocenters. The van der Waals surface area contributed by atoms with Gasteiger partial charge in [-0.1, -0.05) is 18.2 Å². The highest BCUT2D eigenvalue weighted by atomic mass is 32.1. The molecule has 1 aliphatic heterocycles. The molecule has 4 nitrogen and oxygen atoms in total. The van der Waals surface area contributed by atoms with E-state index in [1.165, 1.54) is 0 Å². The van der Waals surface area contributed by atoms with Crippen molar-refractivity contribution in [1.82, 2.24) is 14.8 Å². The molecule has 1 aromatic heterocycles. The third-order valence-electron chi connectivity index (χ3n) is 2.59. The summed E-state index contributed by atoms with van der Waals surface area (Å²) in [4.78, 5) is 2.16. The number of fused-ring (bicyclic) bond motifs is 1. The van der Waals surface area contributed by atoms with Crippen molar-refractivity contribution in [2.45, 2.75) is 6.54 Å². The summed E-state index contributed by atoms with van der Waals surface area (Å²) in [6.07, 6.45) is 0. The van der Waals surface area contributed by atoms with Crippen LogP contribution in [0.2, 0.25) is 0 Å². The molecule has 1 N–H and O–H groups in total. The molecule has 76 valence electrons. The largest absolute Gasteiger partial charge is 0.309 e. The van der Waals surface area contributed by atoms with E-state index in [0.29, 0.717) is 4.77 Å². The summed E-state index contributed by atoms with van der Waals surface area (Å²) in [6, 6.07) is 10.2. The molecule has 0 bridgehead atoms. The molecule has 2 heterocycles. The first-order valence-corrected chi connectivity index (χ1v) is 5.25. The number of aromatic amines is 1. The van der Waals surface area contributed by atoms with Crippen molar-refractivity contribution in [2.75, 3.05) is 11.4 Å². The van der Waals surface area contributed by atoms with Crippen LogP contribution in [0.25, 0.3) is 0 Å². The smallest absolute Gasteiger partial charge is 0.230 e. The second-order valence-corrected chi connectivity index (χ2v) is 3.85. The second kappa shape index (κ2) is 3.20. The summed E-state index contributed by atoms with van der Waals surface area (Å²) in [5.74, 6) is 0.909. The molecule has 1 aliphatic rings. The average molecular weight is 218 g/mol. The molecule has 15 heavy (non-hydrogen) atoms. The Hall–Kier alpha value is -1.62. The number of hydrogen-bond acceptors (Lipinski definition) is 3. The van der Waals surface area contributed by atoms with E-state index in [1.807, 2.05) is 22.8 Å². The molecule has 0 radical (unpaired) electrons. The number of nitrogens with one attached hydrogen (secondary N) is 1. The molecule has 0 unspecified atom stereocenters. The molecule has 1 aromatic carbocycles. The standard InChI is InChI=1S/C10H10N4S/c15-10-12-11-9-13(6-7-14(9)10)8-4-2-1-3-5-8/h1-5H,6-7H2,(H,12,15). The molecule has 2 aromatic rings. The van der Waals surface area contributed by atoms with Gasteiger partial charge < -0.3 is 4.90 Å². The number of nitrogens with zero attached hydrogens (tertiary/aromatic N) is 3. The van der Waals surface area contributed by atoms with Gasteiger partial charge in [-0.3, -0.25) is 4.57 Å². The first-order chi connectivity index (χ1) is 7.36. The van der Waals surface area contributed by atoms with Crippen LogP contribution in [0.3, 0.4) is 0 Å². The van der Waals surface area contributed by atoms with Gasteiger partial charge in [0.05, 0.1) is 0 Å². The van der Waals surface area contributed by atoms with Crippen molar-refractivity contribution in [2.24, 2.45) is 0 Å². The van der Waals surface area contributed by atoms with E-state index >= 15 is 0 Å². The lowest BCUT2D eigenvalue weighted by Crippen LogP contribution is -2.13. The van der Waals surface area contributed by atoms with Crippen LogP contribution >= 0.6 is 12.2 Å². The molecular weight excluding hydrogens is 208 g/mol. The highest BCUT2D eigenvalue weighted by molar-refractivity contribution is 7.71. The monoisotopic (exact) mass is 218 g/mol. The fourth-order valence-corrected chi connectivity index (χ4v) is 2.09. The van der Waals surface area contributed by atoms with Crippen molar-refractivity contribution in [3.63, 3.8) is 0 Å². The summed E-state index contributed by atoms with van der Waals surface area (Å²) in [7, 11) is 0. The van der Waals surface area contributed by atoms with Crippen LogP contribution in [0, 0.1) is 4.77 Å². The first kappa shape index (κ1) is 8.67. The quantitative estimate of drug-likeness (QED) is 0.745. The Morgan fingerprint density at radius 2 is 2.00 bits per heavy atom. The molecular formula is C10H10N4S. The molecule has 0 saturated heterocycles. The third kappa shape index (κ3) is 1.27. The number of hydrogen-bond donors (Lipinski definition) is 1. The number of anilines is 2. The zero-order valence-corrected chi connectivity index (χ0v) is 8.87. The highest BCUT2D eigenvalue weighted by Gasteiger charge is 2.22. The van der Waals surface area contributed by atoms with Crippen molar-refractivity contribution in [1.29, 1.82) is 0 Å². The maximum absolute atomic E-state index is 5.13. The first-order valence-electron chi connectivity index (χ1n) is 4.84. The van der Waals surface area contributed by atoms with Gasteiger partial charge in [-0.15, -0.1) is 5.10 Å². The summed E-state index contributed by atoms with van der Waals surface area (Å²) in [5, 5.41) is 7.04. The predicted molar refractivity (Wildman–Crippen MR) is 60.9 cm³/mol. The second-order valence-electron chi connectivity index (χ2n) is 3.47. The maximum Gasteiger partial charge on any atom is 0.230 e. The van der Waals surface area contributed by atoms with Gasteiger partial charge >= 0.3 is 0 Å². The lowest BCUT2D eigenvalue weighted by atomic mass is 10.3. The topological polar surface area (TPSA) is 36.9 Å². The minimum absolute atomic E-state index is 0.698. The zero-order valence-electron chi connectivity index (χ0n) is 8.05. The Balaban J connectivity index is 2.08. The fourth-order valence-electron chi connectivity index (χ4n) is 1.87. The van der Waals surface area contributed by atoms with E-state index in [4.69, 9.17) is 12.2 Å². The molecule has 0 saturated carbocycles. The van der Waals surface area contributed by atoms with Crippen LogP contribution in [-0.2, 0) is 6.54 Å². The Bertz CT molecular complexity index is 528. The van der Waals surface area contributed by atoms with Crippen molar-refractivity contribution in [3.05, 3.63) is 35.1 Å². The minimum atomic E-state index is 0.698. The number of para-hydroxylation sites is 1. The van der Waals surface area contributed by atoms with Gasteiger partial charge in [-0.2, -0.15) is 0 Å². The van der Waals surface area contributed by atoms with Crippen LogP contribution in [0.4, 0.5) is 11.6 Å². The van der Waals surface area contributed by atoms with Crippen LogP contribution in [0.1, 0.15) is 0 Å². The van der Waals surface area contributed by atoms with E-state index < -0.39 is 0 Å². The van der Waals surface area contributed by atoms with E-state index in [0.717, 1.165) is 24.7 Å². The van der Waals surface area contributed by atoms with Gasteiger partial charge in [0.15, 0.2) is 4.77 Å². The van der Waals surface area contributed by atoms with Gasteiger partial charge in [0.2, 0.25) is 5.95 Å². The number of H-pyrrole nitrogens is 1. The van der Waals surface area contributed by atoms with E-state index in [-0.39, 0.29) is 0 Å². The van der Waals surface area contributed by atoms with Crippen LogP contribution in [0.15, 0.2) is 30.3 Å². The number of aromatic nitrogens is 3. The number of benzene rings is 1. The van der Waals surface area contributed by atoms with Crippen LogP contribution < -0.4 is 4.90 Å². The van der Waals surface area contributed by atoms with Crippen molar-refractivity contribution < 1.29 is 0 Å². The fraction of sp³-hybridized carbons (Fsp3) is 0.200. The van der Waals surface area contributed by atoms with E-state index in [9.17, 15) is 0 Å². The molecule has 5 heteroatoms. The highest BCUT2D eigenvalue weighted by Crippen LogP contribution is 2.27. The summed E-state index contributed by atoms with van der Waals surface area (Å²) in [6.45, 7) is 1.84. The lowest BCUT2D eigenvalue weighted by Gasteiger charge is -2.14. The van der Waals surface area contributed by atoms with Gasteiger partial charge in [0.1, 0.15) is 0 Å².